The lowest BCUT2D eigenvalue weighted by Gasteiger charge is -2.26. The Hall–Kier alpha value is -7.49. The quantitative estimate of drug-likeness (QED) is 0.143. The summed E-state index contributed by atoms with van der Waals surface area (Å²) < 4.78 is 2.38. The molecule has 0 bridgehead atoms. The van der Waals surface area contributed by atoms with E-state index in [1.54, 1.807) is 0 Å². The number of fused-ring (bicyclic) bond motifs is 4. The second kappa shape index (κ2) is 14.4. The lowest BCUT2D eigenvalue weighted by molar-refractivity contribution is 1.17. The number of rotatable bonds is 8. The first kappa shape index (κ1) is 33.1. The molecule has 3 nitrogen and oxygen atoms in total. The fourth-order valence-electron chi connectivity index (χ4n) is 7.98. The van der Waals surface area contributed by atoms with E-state index in [2.05, 4.69) is 234 Å². The van der Waals surface area contributed by atoms with Crippen LogP contribution in [0.25, 0.3) is 49.4 Å². The van der Waals surface area contributed by atoms with Gasteiger partial charge in [0, 0.05) is 50.2 Å². The first-order valence-electron chi connectivity index (χ1n) is 19.1. The van der Waals surface area contributed by atoms with E-state index < -0.39 is 0 Å². The van der Waals surface area contributed by atoms with Crippen LogP contribution in [0.1, 0.15) is 11.1 Å². The van der Waals surface area contributed by atoms with Crippen molar-refractivity contribution in [3.8, 4) is 16.8 Å². The summed E-state index contributed by atoms with van der Waals surface area (Å²) in [6.45, 7) is 0. The van der Waals surface area contributed by atoms with Crippen LogP contribution in [-0.2, 0) is 0 Å². The predicted molar refractivity (Wildman–Crippen MR) is 237 cm³/mol. The van der Waals surface area contributed by atoms with Crippen LogP contribution in [0.2, 0.25) is 0 Å². The molecule has 0 saturated heterocycles. The van der Waals surface area contributed by atoms with Gasteiger partial charge in [0.2, 0.25) is 0 Å². The number of anilines is 3. The van der Waals surface area contributed by atoms with Gasteiger partial charge < -0.3 is 9.47 Å². The van der Waals surface area contributed by atoms with Gasteiger partial charge in [0.1, 0.15) is 0 Å². The van der Waals surface area contributed by atoms with Crippen LogP contribution in [0.4, 0.5) is 22.7 Å². The third kappa shape index (κ3) is 6.02. The van der Waals surface area contributed by atoms with E-state index in [-0.39, 0.29) is 0 Å². The van der Waals surface area contributed by atoms with E-state index >= 15 is 0 Å². The normalized spacial score (nSPS) is 11.2. The highest BCUT2D eigenvalue weighted by Gasteiger charge is 2.21. The minimum atomic E-state index is 0.937. The van der Waals surface area contributed by atoms with Crippen molar-refractivity contribution in [1.82, 2.24) is 4.57 Å². The highest BCUT2D eigenvalue weighted by Crippen LogP contribution is 2.44. The Labute approximate surface area is 326 Å². The molecule has 1 aromatic heterocycles. The molecule has 9 aromatic carbocycles. The molecule has 0 spiro atoms. The first-order chi connectivity index (χ1) is 27.8. The van der Waals surface area contributed by atoms with E-state index in [4.69, 9.17) is 4.99 Å². The molecule has 0 N–H and O–H groups in total. The van der Waals surface area contributed by atoms with Crippen LogP contribution in [0.3, 0.4) is 0 Å². The van der Waals surface area contributed by atoms with Gasteiger partial charge in [-0.2, -0.15) is 0 Å². The molecule has 1 heterocycles. The van der Waals surface area contributed by atoms with Gasteiger partial charge in [-0.3, -0.25) is 0 Å². The lowest BCUT2D eigenvalue weighted by Crippen LogP contribution is -2.10. The minimum Gasteiger partial charge on any atom is -0.310 e. The standard InChI is InChI=1S/C53H37N3/c1-5-18-39(19-6-1)47-35-36-50-51(53(47)54-52(40-20-7-2-8-21-40)41-22-9-3-10-23-41)48-27-15-16-28-49(48)56(50)45-33-31-44(32-34-45)55(43-25-11-4-12-26-43)46-30-29-38-17-13-14-24-42(38)37-46/h1-37H. The molecule has 0 aliphatic rings. The van der Waals surface area contributed by atoms with Gasteiger partial charge in [-0.25, -0.2) is 4.99 Å². The van der Waals surface area contributed by atoms with Crippen molar-refractivity contribution in [2.75, 3.05) is 4.90 Å². The first-order valence-corrected chi connectivity index (χ1v) is 19.1. The molecule has 10 rings (SSSR count). The lowest BCUT2D eigenvalue weighted by atomic mass is 9.98. The Bertz CT molecular complexity index is 2940. The predicted octanol–water partition coefficient (Wildman–Crippen LogP) is 14.2. The molecule has 0 fully saturated rings. The molecule has 0 unspecified atom stereocenters. The SMILES string of the molecule is c1ccc(C(=Nc2c(-c3ccccc3)ccc3c2c2ccccc2n3-c2ccc(N(c3ccccc3)c3ccc4ccccc4c3)cc2)c2ccccc2)cc1. The van der Waals surface area contributed by atoms with Gasteiger partial charge in [0.05, 0.1) is 22.4 Å². The second-order valence-electron chi connectivity index (χ2n) is 14.0. The van der Waals surface area contributed by atoms with Crippen LogP contribution < -0.4 is 4.90 Å². The molecule has 0 radical (unpaired) electrons. The van der Waals surface area contributed by atoms with E-state index in [1.165, 1.54) is 10.8 Å². The van der Waals surface area contributed by atoms with Crippen molar-refractivity contribution in [3.05, 3.63) is 236 Å². The van der Waals surface area contributed by atoms with Crippen molar-refractivity contribution in [1.29, 1.82) is 0 Å². The van der Waals surface area contributed by atoms with Gasteiger partial charge >= 0.3 is 0 Å². The molecule has 56 heavy (non-hydrogen) atoms. The number of para-hydroxylation sites is 2. The molecule has 264 valence electrons. The number of aliphatic imine (C=N–C) groups is 1. The Kier molecular flexibility index (Phi) is 8.51. The molecular weight excluding hydrogens is 679 g/mol. The van der Waals surface area contributed by atoms with Gasteiger partial charge in [0.15, 0.2) is 0 Å². The number of benzene rings is 9. The molecule has 10 aromatic rings. The van der Waals surface area contributed by atoms with Crippen molar-refractivity contribution in [3.63, 3.8) is 0 Å². The zero-order valence-corrected chi connectivity index (χ0v) is 30.7. The number of hydrogen-bond acceptors (Lipinski definition) is 2. The topological polar surface area (TPSA) is 20.5 Å². The molecule has 0 atom stereocenters. The Morgan fingerprint density at radius 3 is 1.66 bits per heavy atom. The smallest absolute Gasteiger partial charge is 0.0816 e. The second-order valence-corrected chi connectivity index (χ2v) is 14.0. The summed E-state index contributed by atoms with van der Waals surface area (Å²) in [5.74, 6) is 0. The Balaban J connectivity index is 1.18. The third-order valence-electron chi connectivity index (χ3n) is 10.6. The highest BCUT2D eigenvalue weighted by atomic mass is 15.1. The maximum atomic E-state index is 5.68. The summed E-state index contributed by atoms with van der Waals surface area (Å²) in [6.07, 6.45) is 0. The van der Waals surface area contributed by atoms with E-state index in [9.17, 15) is 0 Å². The van der Waals surface area contributed by atoms with Gasteiger partial charge in [-0.15, -0.1) is 0 Å². The van der Waals surface area contributed by atoms with Crippen LogP contribution in [0.5, 0.6) is 0 Å². The summed E-state index contributed by atoms with van der Waals surface area (Å²) in [6, 6.07) is 79.7. The van der Waals surface area contributed by atoms with E-state index in [0.717, 1.165) is 78.2 Å². The van der Waals surface area contributed by atoms with Gasteiger partial charge in [-0.1, -0.05) is 164 Å². The third-order valence-corrected chi connectivity index (χ3v) is 10.6. The highest BCUT2D eigenvalue weighted by molar-refractivity contribution is 6.21. The summed E-state index contributed by atoms with van der Waals surface area (Å²) >= 11 is 0. The maximum Gasteiger partial charge on any atom is 0.0816 e. The fraction of sp³-hybridized carbons (Fsp3) is 0. The van der Waals surface area contributed by atoms with Crippen molar-refractivity contribution in [2.45, 2.75) is 0 Å². The molecule has 0 aliphatic heterocycles. The number of aromatic nitrogens is 1. The monoisotopic (exact) mass is 715 g/mol. The van der Waals surface area contributed by atoms with Crippen LogP contribution in [0.15, 0.2) is 229 Å². The summed E-state index contributed by atoms with van der Waals surface area (Å²) in [5, 5.41) is 4.72. The summed E-state index contributed by atoms with van der Waals surface area (Å²) in [5.41, 5.74) is 12.9. The van der Waals surface area contributed by atoms with Gasteiger partial charge in [0.25, 0.3) is 0 Å². The molecule has 3 heteroatoms. The van der Waals surface area contributed by atoms with E-state index in [0.29, 0.717) is 0 Å². The number of hydrogen-bond donors (Lipinski definition) is 0. The summed E-state index contributed by atoms with van der Waals surface area (Å²) in [4.78, 5) is 8.01. The molecule has 0 aliphatic carbocycles. The van der Waals surface area contributed by atoms with Crippen LogP contribution in [0, 0.1) is 0 Å². The molecule has 0 saturated carbocycles. The minimum absolute atomic E-state index is 0.937. The average molecular weight is 716 g/mol. The van der Waals surface area contributed by atoms with Crippen LogP contribution in [-0.4, -0.2) is 10.3 Å². The molecular formula is C53H37N3. The van der Waals surface area contributed by atoms with E-state index in [1.807, 2.05) is 0 Å². The Morgan fingerprint density at radius 2 is 0.964 bits per heavy atom. The van der Waals surface area contributed by atoms with Gasteiger partial charge in [-0.05, 0) is 77.0 Å². The zero-order chi connectivity index (χ0) is 37.3. The van der Waals surface area contributed by atoms with Crippen molar-refractivity contribution in [2.24, 2.45) is 4.99 Å². The zero-order valence-electron chi connectivity index (χ0n) is 30.7. The molecule has 0 amide bonds. The van der Waals surface area contributed by atoms with Crippen molar-refractivity contribution >= 4 is 61.0 Å². The summed E-state index contributed by atoms with van der Waals surface area (Å²) in [7, 11) is 0. The number of nitrogens with zero attached hydrogens (tertiary/aromatic N) is 3. The van der Waals surface area contributed by atoms with Crippen LogP contribution >= 0.6 is 0 Å². The average Bonchev–Trinajstić information content (AvgIpc) is 3.62. The Morgan fingerprint density at radius 1 is 0.411 bits per heavy atom. The maximum absolute atomic E-state index is 5.68. The van der Waals surface area contributed by atoms with Crippen molar-refractivity contribution < 1.29 is 0 Å². The fourth-order valence-corrected chi connectivity index (χ4v) is 7.98. The largest absolute Gasteiger partial charge is 0.310 e.